The second-order valence-electron chi connectivity index (χ2n) is 4.86. The Bertz CT molecular complexity index is 498. The van der Waals surface area contributed by atoms with Crippen LogP contribution in [0, 0.1) is 5.92 Å². The number of para-hydroxylation sites is 1. The number of amides is 2. The van der Waals surface area contributed by atoms with Crippen LogP contribution in [0.4, 0.5) is 10.5 Å². The molecule has 6 nitrogen and oxygen atoms in total. The Balaban J connectivity index is 1.96. The zero-order valence-corrected chi connectivity index (χ0v) is 11.3. The minimum atomic E-state index is -1.07. The maximum atomic E-state index is 11.9. The molecule has 0 aliphatic carbocycles. The van der Waals surface area contributed by atoms with E-state index in [1.165, 1.54) is 6.07 Å². The molecule has 0 spiro atoms. The maximum absolute atomic E-state index is 11.9. The van der Waals surface area contributed by atoms with E-state index in [0.717, 1.165) is 13.0 Å². The number of nitrogens with one attached hydrogen (secondary N) is 2. The summed E-state index contributed by atoms with van der Waals surface area (Å²) in [5.41, 5.74) is 0.354. The molecular formula is C14H18N2O4. The van der Waals surface area contributed by atoms with Gasteiger partial charge in [-0.2, -0.15) is 0 Å². The number of carboxylic acid groups (broad SMARTS) is 1. The van der Waals surface area contributed by atoms with Gasteiger partial charge in [-0.3, -0.25) is 0 Å². The van der Waals surface area contributed by atoms with Gasteiger partial charge < -0.3 is 20.5 Å². The van der Waals surface area contributed by atoms with Crippen LogP contribution in [0.15, 0.2) is 24.3 Å². The van der Waals surface area contributed by atoms with Crippen LogP contribution in [-0.4, -0.2) is 36.4 Å². The molecule has 6 heteroatoms. The number of anilines is 1. The van der Waals surface area contributed by atoms with Crippen LogP contribution in [0.1, 0.15) is 23.7 Å². The number of carboxylic acids is 1. The van der Waals surface area contributed by atoms with Crippen molar-refractivity contribution in [2.75, 3.05) is 18.5 Å². The van der Waals surface area contributed by atoms with E-state index in [1.54, 1.807) is 18.2 Å². The Morgan fingerprint density at radius 1 is 1.40 bits per heavy atom. The van der Waals surface area contributed by atoms with Gasteiger partial charge in [-0.1, -0.05) is 12.1 Å². The number of rotatable bonds is 4. The molecule has 2 unspecified atom stereocenters. The first-order valence-corrected chi connectivity index (χ1v) is 6.55. The molecule has 1 aromatic carbocycles. The van der Waals surface area contributed by atoms with Crippen molar-refractivity contribution in [1.82, 2.24) is 5.32 Å². The normalized spacial score (nSPS) is 19.4. The summed E-state index contributed by atoms with van der Waals surface area (Å²) >= 11 is 0. The van der Waals surface area contributed by atoms with Crippen molar-refractivity contribution in [2.45, 2.75) is 19.4 Å². The number of aromatic carboxylic acids is 1. The van der Waals surface area contributed by atoms with E-state index in [2.05, 4.69) is 10.6 Å². The van der Waals surface area contributed by atoms with Crippen LogP contribution in [-0.2, 0) is 4.74 Å². The van der Waals surface area contributed by atoms with Crippen LogP contribution >= 0.6 is 0 Å². The lowest BCUT2D eigenvalue weighted by molar-refractivity contribution is 0.0698. The summed E-state index contributed by atoms with van der Waals surface area (Å²) in [5, 5.41) is 14.4. The zero-order valence-electron chi connectivity index (χ0n) is 11.3. The number of carbonyl (C=O) groups excluding carboxylic acids is 1. The average Bonchev–Trinajstić information content (AvgIpc) is 2.92. The molecule has 1 fully saturated rings. The maximum Gasteiger partial charge on any atom is 0.337 e. The summed E-state index contributed by atoms with van der Waals surface area (Å²) in [6.07, 6.45) is 0.924. The molecule has 1 aliphatic rings. The molecule has 108 valence electrons. The first kappa shape index (κ1) is 14.3. The van der Waals surface area contributed by atoms with Crippen molar-refractivity contribution < 1.29 is 19.4 Å². The smallest absolute Gasteiger partial charge is 0.337 e. The monoisotopic (exact) mass is 278 g/mol. The molecule has 20 heavy (non-hydrogen) atoms. The Kier molecular flexibility index (Phi) is 4.57. The third-order valence-electron chi connectivity index (χ3n) is 3.44. The summed E-state index contributed by atoms with van der Waals surface area (Å²) in [6.45, 7) is 3.29. The molecule has 2 atom stereocenters. The number of carbonyl (C=O) groups is 2. The van der Waals surface area contributed by atoms with E-state index in [-0.39, 0.29) is 17.3 Å². The number of benzene rings is 1. The predicted octanol–water partition coefficient (Wildman–Crippen LogP) is 1.93. The second kappa shape index (κ2) is 6.38. The van der Waals surface area contributed by atoms with Crippen molar-refractivity contribution in [3.63, 3.8) is 0 Å². The highest BCUT2D eigenvalue weighted by molar-refractivity contribution is 5.99. The number of hydrogen-bond acceptors (Lipinski definition) is 3. The van der Waals surface area contributed by atoms with Gasteiger partial charge in [0.15, 0.2) is 0 Å². The van der Waals surface area contributed by atoms with Gasteiger partial charge in [0, 0.05) is 18.6 Å². The molecule has 3 N–H and O–H groups in total. The third kappa shape index (κ3) is 3.48. The van der Waals surface area contributed by atoms with Crippen molar-refractivity contribution in [3.05, 3.63) is 29.8 Å². The van der Waals surface area contributed by atoms with Gasteiger partial charge in [0.25, 0.3) is 0 Å². The first-order valence-electron chi connectivity index (χ1n) is 6.55. The van der Waals surface area contributed by atoms with Gasteiger partial charge in [-0.05, 0) is 25.5 Å². The molecule has 1 aromatic rings. The van der Waals surface area contributed by atoms with Crippen LogP contribution in [0.2, 0.25) is 0 Å². The van der Waals surface area contributed by atoms with E-state index >= 15 is 0 Å². The van der Waals surface area contributed by atoms with Crippen molar-refractivity contribution in [3.8, 4) is 0 Å². The summed E-state index contributed by atoms with van der Waals surface area (Å²) in [4.78, 5) is 22.9. The molecule has 1 heterocycles. The van der Waals surface area contributed by atoms with Gasteiger partial charge in [-0.15, -0.1) is 0 Å². The lowest BCUT2D eigenvalue weighted by Crippen LogP contribution is -2.41. The van der Waals surface area contributed by atoms with Crippen molar-refractivity contribution >= 4 is 17.7 Å². The molecule has 1 saturated heterocycles. The Morgan fingerprint density at radius 2 is 2.15 bits per heavy atom. The molecule has 0 radical (unpaired) electrons. The van der Waals surface area contributed by atoms with E-state index in [9.17, 15) is 9.59 Å². The fourth-order valence-electron chi connectivity index (χ4n) is 2.21. The SMILES string of the molecule is CC(NC(=O)Nc1ccccc1C(=O)O)C1CCOC1. The Labute approximate surface area is 117 Å². The topological polar surface area (TPSA) is 87.7 Å². The van der Waals surface area contributed by atoms with Gasteiger partial charge in [0.1, 0.15) is 0 Å². The summed E-state index contributed by atoms with van der Waals surface area (Å²) < 4.78 is 5.28. The first-order chi connectivity index (χ1) is 9.58. The van der Waals surface area contributed by atoms with Crippen LogP contribution in [0.25, 0.3) is 0 Å². The molecule has 2 amide bonds. The molecule has 0 saturated carbocycles. The highest BCUT2D eigenvalue weighted by Gasteiger charge is 2.23. The molecule has 2 rings (SSSR count). The predicted molar refractivity (Wildman–Crippen MR) is 73.9 cm³/mol. The summed E-state index contributed by atoms with van der Waals surface area (Å²) in [7, 11) is 0. The minimum Gasteiger partial charge on any atom is -0.478 e. The summed E-state index contributed by atoms with van der Waals surface area (Å²) in [6, 6.07) is 5.88. The summed E-state index contributed by atoms with van der Waals surface area (Å²) in [5.74, 6) is -0.770. The quantitative estimate of drug-likeness (QED) is 0.785. The number of ether oxygens (including phenoxy) is 1. The van der Waals surface area contributed by atoms with Gasteiger partial charge in [-0.25, -0.2) is 9.59 Å². The highest BCUT2D eigenvalue weighted by atomic mass is 16.5. The fraction of sp³-hybridized carbons (Fsp3) is 0.429. The van der Waals surface area contributed by atoms with E-state index in [0.29, 0.717) is 12.5 Å². The van der Waals surface area contributed by atoms with Crippen molar-refractivity contribution in [2.24, 2.45) is 5.92 Å². The fourth-order valence-corrected chi connectivity index (χ4v) is 2.21. The standard InChI is InChI=1S/C14H18N2O4/c1-9(10-6-7-20-8-10)15-14(19)16-12-5-3-2-4-11(12)13(17)18/h2-5,9-10H,6-8H2,1H3,(H,17,18)(H2,15,16,19). The largest absolute Gasteiger partial charge is 0.478 e. The highest BCUT2D eigenvalue weighted by Crippen LogP contribution is 2.17. The lowest BCUT2D eigenvalue weighted by atomic mass is 10.0. The lowest BCUT2D eigenvalue weighted by Gasteiger charge is -2.19. The number of urea groups is 1. The second-order valence-corrected chi connectivity index (χ2v) is 4.86. The average molecular weight is 278 g/mol. The Hall–Kier alpha value is -2.08. The third-order valence-corrected chi connectivity index (χ3v) is 3.44. The molecule has 0 aromatic heterocycles. The zero-order chi connectivity index (χ0) is 14.5. The van der Waals surface area contributed by atoms with Gasteiger partial charge >= 0.3 is 12.0 Å². The van der Waals surface area contributed by atoms with E-state index in [1.807, 2.05) is 6.92 Å². The Morgan fingerprint density at radius 3 is 2.80 bits per heavy atom. The van der Waals surface area contributed by atoms with Gasteiger partial charge in [0.05, 0.1) is 17.9 Å². The molecular weight excluding hydrogens is 260 g/mol. The van der Waals surface area contributed by atoms with E-state index in [4.69, 9.17) is 9.84 Å². The molecule has 0 bridgehead atoms. The van der Waals surface area contributed by atoms with Crippen LogP contribution < -0.4 is 10.6 Å². The van der Waals surface area contributed by atoms with Crippen LogP contribution in [0.3, 0.4) is 0 Å². The van der Waals surface area contributed by atoms with Crippen LogP contribution in [0.5, 0.6) is 0 Å². The van der Waals surface area contributed by atoms with Gasteiger partial charge in [0.2, 0.25) is 0 Å². The minimum absolute atomic E-state index is 0.0190. The molecule has 1 aliphatic heterocycles. The van der Waals surface area contributed by atoms with Crippen molar-refractivity contribution in [1.29, 1.82) is 0 Å². The number of hydrogen-bond donors (Lipinski definition) is 3. The van der Waals surface area contributed by atoms with E-state index < -0.39 is 12.0 Å².